The number of pyridine rings is 1. The number of carbonyl (C=O) groups excluding carboxylic acids is 1. The van der Waals surface area contributed by atoms with Gasteiger partial charge in [-0.05, 0) is 23.6 Å². The summed E-state index contributed by atoms with van der Waals surface area (Å²) in [5, 5.41) is 5.85. The van der Waals surface area contributed by atoms with Gasteiger partial charge in [-0.2, -0.15) is 5.10 Å². The zero-order valence-corrected chi connectivity index (χ0v) is 19.5. The van der Waals surface area contributed by atoms with E-state index in [0.717, 1.165) is 16.7 Å². The van der Waals surface area contributed by atoms with Gasteiger partial charge in [-0.3, -0.25) is 0 Å². The summed E-state index contributed by atoms with van der Waals surface area (Å²) >= 11 is 6.44. The quantitative estimate of drug-likeness (QED) is 0.180. The van der Waals surface area contributed by atoms with Crippen LogP contribution in [0.3, 0.4) is 0 Å². The largest absolute Gasteiger partial charge is 0.464 e. The minimum atomic E-state index is -0.897. The normalized spacial score (nSPS) is 11.5. The van der Waals surface area contributed by atoms with Gasteiger partial charge >= 0.3 is 5.97 Å². The van der Waals surface area contributed by atoms with Crippen molar-refractivity contribution in [1.29, 1.82) is 0 Å². The Morgan fingerprint density at radius 2 is 1.32 bits per heavy atom. The lowest BCUT2D eigenvalue weighted by Gasteiger charge is -2.37. The van der Waals surface area contributed by atoms with Gasteiger partial charge in [0.1, 0.15) is 10.7 Å². The number of esters is 1. The molecule has 0 amide bonds. The fraction of sp³-hybridized carbons (Fsp3) is 0.107. The average molecular weight is 468 g/mol. The predicted molar refractivity (Wildman–Crippen MR) is 133 cm³/mol. The number of aryl methyl sites for hydroxylation is 1. The molecule has 0 spiro atoms. The molecule has 0 N–H and O–H groups in total. The lowest BCUT2D eigenvalue weighted by molar-refractivity contribution is 0.0594. The molecule has 0 atom stereocenters. The van der Waals surface area contributed by atoms with Crippen molar-refractivity contribution >= 4 is 28.5 Å². The number of rotatable bonds is 5. The summed E-state index contributed by atoms with van der Waals surface area (Å²) in [6.45, 7) is 1.82. The molecule has 0 aliphatic rings. The van der Waals surface area contributed by atoms with E-state index in [0.29, 0.717) is 21.7 Å². The van der Waals surface area contributed by atoms with Crippen LogP contribution in [0.25, 0.3) is 10.9 Å². The van der Waals surface area contributed by atoms with Crippen molar-refractivity contribution in [3.05, 3.63) is 130 Å². The van der Waals surface area contributed by atoms with Gasteiger partial charge in [0.2, 0.25) is 0 Å². The Kier molecular flexibility index (Phi) is 5.64. The number of methoxy groups -OCH3 is 1. The number of fused-ring (bicyclic) bond motifs is 1. The van der Waals surface area contributed by atoms with Crippen LogP contribution in [0.2, 0.25) is 5.15 Å². The highest BCUT2D eigenvalue weighted by Gasteiger charge is 2.41. The Labute approximate surface area is 202 Å². The number of ether oxygens (including phenoxy) is 1. The number of nitrogens with zero attached hydrogens (tertiary/aromatic N) is 3. The minimum Gasteiger partial charge on any atom is -0.464 e. The molecule has 0 unspecified atom stereocenters. The molecule has 0 aliphatic carbocycles. The number of benzene rings is 3. The molecule has 6 heteroatoms. The third-order valence-corrected chi connectivity index (χ3v) is 6.28. The van der Waals surface area contributed by atoms with E-state index in [9.17, 15) is 4.79 Å². The third-order valence-electron chi connectivity index (χ3n) is 6.08. The fourth-order valence-electron chi connectivity index (χ4n) is 4.68. The van der Waals surface area contributed by atoms with Gasteiger partial charge in [0.25, 0.3) is 0 Å². The van der Waals surface area contributed by atoms with E-state index >= 15 is 0 Å². The molecule has 0 saturated carbocycles. The Bertz CT molecular complexity index is 1370. The molecule has 2 heterocycles. The van der Waals surface area contributed by atoms with Crippen LogP contribution < -0.4 is 0 Å². The van der Waals surface area contributed by atoms with Gasteiger partial charge in [-0.25, -0.2) is 14.5 Å². The summed E-state index contributed by atoms with van der Waals surface area (Å²) in [7, 11) is 1.35. The predicted octanol–water partition coefficient (Wildman–Crippen LogP) is 6.02. The number of halogens is 1. The first-order valence-corrected chi connectivity index (χ1v) is 11.3. The highest BCUT2D eigenvalue weighted by Crippen LogP contribution is 2.43. The van der Waals surface area contributed by atoms with Crippen molar-refractivity contribution in [2.75, 3.05) is 7.11 Å². The Balaban J connectivity index is 2.02. The molecule has 34 heavy (non-hydrogen) atoms. The van der Waals surface area contributed by atoms with Crippen molar-refractivity contribution in [1.82, 2.24) is 14.8 Å². The highest BCUT2D eigenvalue weighted by atomic mass is 35.5. The van der Waals surface area contributed by atoms with Gasteiger partial charge in [0, 0.05) is 6.07 Å². The van der Waals surface area contributed by atoms with Crippen molar-refractivity contribution in [3.8, 4) is 0 Å². The fourth-order valence-corrected chi connectivity index (χ4v) is 4.91. The maximum Gasteiger partial charge on any atom is 0.359 e. The van der Waals surface area contributed by atoms with Crippen LogP contribution >= 0.6 is 11.6 Å². The van der Waals surface area contributed by atoms with E-state index < -0.39 is 11.5 Å². The van der Waals surface area contributed by atoms with Gasteiger partial charge in [-0.15, -0.1) is 0 Å². The van der Waals surface area contributed by atoms with Crippen LogP contribution in [-0.2, 0) is 10.3 Å². The topological polar surface area (TPSA) is 57.0 Å². The second-order valence-electron chi connectivity index (χ2n) is 7.98. The first kappa shape index (κ1) is 21.9. The van der Waals surface area contributed by atoms with E-state index in [1.54, 1.807) is 6.07 Å². The molecule has 5 rings (SSSR count). The molecule has 3 aromatic carbocycles. The standard InChI is InChI=1S/C28H22ClN3O2/c1-19-25-23(18-24(29)30-19)32(31-26(25)27(33)34-2)28(20-12-6-3-7-13-20,21-14-8-4-9-15-21)22-16-10-5-11-17-22/h3-18H,1-2H3. The van der Waals surface area contributed by atoms with E-state index in [1.807, 2.05) is 66.2 Å². The van der Waals surface area contributed by atoms with Crippen LogP contribution in [0, 0.1) is 6.92 Å². The molecule has 0 bridgehead atoms. The Morgan fingerprint density at radius 1 is 0.853 bits per heavy atom. The molecular formula is C28H22ClN3O2. The van der Waals surface area contributed by atoms with Gasteiger partial charge in [0.05, 0.1) is 23.7 Å². The summed E-state index contributed by atoms with van der Waals surface area (Å²) in [6.07, 6.45) is 0. The molecule has 5 aromatic rings. The SMILES string of the molecule is COC(=O)c1nn(C(c2ccccc2)(c2ccccc2)c2ccccc2)c2cc(Cl)nc(C)c12. The van der Waals surface area contributed by atoms with Crippen LogP contribution in [0.4, 0.5) is 0 Å². The van der Waals surface area contributed by atoms with Gasteiger partial charge in [0.15, 0.2) is 5.69 Å². The summed E-state index contributed by atoms with van der Waals surface area (Å²) < 4.78 is 6.98. The monoisotopic (exact) mass is 467 g/mol. The smallest absolute Gasteiger partial charge is 0.359 e. The summed E-state index contributed by atoms with van der Waals surface area (Å²) in [6, 6.07) is 32.1. The second-order valence-corrected chi connectivity index (χ2v) is 8.37. The lowest BCUT2D eigenvalue weighted by atomic mass is 9.77. The average Bonchev–Trinajstić information content (AvgIpc) is 3.26. The van der Waals surface area contributed by atoms with Gasteiger partial charge in [-0.1, -0.05) is 103 Å². The zero-order chi connectivity index (χ0) is 23.7. The number of carbonyl (C=O) groups is 1. The van der Waals surface area contributed by atoms with Crippen molar-refractivity contribution in [2.24, 2.45) is 0 Å². The molecule has 0 fully saturated rings. The van der Waals surface area contributed by atoms with Crippen molar-refractivity contribution < 1.29 is 9.53 Å². The van der Waals surface area contributed by atoms with E-state index in [-0.39, 0.29) is 5.69 Å². The van der Waals surface area contributed by atoms with Crippen LogP contribution in [-0.4, -0.2) is 27.8 Å². The number of aromatic nitrogens is 3. The van der Waals surface area contributed by atoms with Crippen molar-refractivity contribution in [3.63, 3.8) is 0 Å². The number of hydrogen-bond donors (Lipinski definition) is 0. The maximum atomic E-state index is 12.9. The van der Waals surface area contributed by atoms with Crippen LogP contribution in [0.5, 0.6) is 0 Å². The van der Waals surface area contributed by atoms with Crippen LogP contribution in [0.1, 0.15) is 32.9 Å². The molecule has 168 valence electrons. The van der Waals surface area contributed by atoms with E-state index in [4.69, 9.17) is 21.4 Å². The third kappa shape index (κ3) is 3.37. The summed E-state index contributed by atoms with van der Waals surface area (Å²) in [5.74, 6) is -0.529. The lowest BCUT2D eigenvalue weighted by Crippen LogP contribution is -2.38. The first-order chi connectivity index (χ1) is 16.6. The number of hydrogen-bond acceptors (Lipinski definition) is 4. The summed E-state index contributed by atoms with van der Waals surface area (Å²) in [4.78, 5) is 17.3. The first-order valence-electron chi connectivity index (χ1n) is 10.9. The van der Waals surface area contributed by atoms with Crippen molar-refractivity contribution in [2.45, 2.75) is 12.5 Å². The molecule has 5 nitrogen and oxygen atoms in total. The highest BCUT2D eigenvalue weighted by molar-refractivity contribution is 6.30. The maximum absolute atomic E-state index is 12.9. The summed E-state index contributed by atoms with van der Waals surface area (Å²) in [5.41, 5.74) is 3.56. The Hall–Kier alpha value is -3.96. The van der Waals surface area contributed by atoms with E-state index in [1.165, 1.54) is 7.11 Å². The minimum absolute atomic E-state index is 0.200. The molecule has 0 saturated heterocycles. The van der Waals surface area contributed by atoms with E-state index in [2.05, 4.69) is 41.4 Å². The molecule has 2 aromatic heterocycles. The second kappa shape index (κ2) is 8.76. The van der Waals surface area contributed by atoms with Crippen LogP contribution in [0.15, 0.2) is 97.1 Å². The molecule has 0 aliphatic heterocycles. The molecular weight excluding hydrogens is 446 g/mol. The van der Waals surface area contributed by atoms with Gasteiger partial charge < -0.3 is 4.74 Å². The molecule has 0 radical (unpaired) electrons. The Morgan fingerprint density at radius 3 is 1.76 bits per heavy atom. The zero-order valence-electron chi connectivity index (χ0n) is 18.8.